The highest BCUT2D eigenvalue weighted by atomic mass is 16.5. The van der Waals surface area contributed by atoms with Crippen LogP contribution in [0, 0.1) is 0 Å². The molecule has 0 radical (unpaired) electrons. The standard InChI is InChI=1S/C22H28N2O3/c25-22(26)24-14-5-13-23(15-16-24)21-11-9-19(10-12-21)8-4-17-27-18-20-6-2-1-3-7-20/h1-3,6-7,9-12H,4-5,8,13-18H2,(H,25,26). The molecule has 1 amide bonds. The molecule has 0 spiro atoms. The summed E-state index contributed by atoms with van der Waals surface area (Å²) in [4.78, 5) is 14.9. The zero-order chi connectivity index (χ0) is 18.9. The number of amides is 1. The number of ether oxygens (including phenoxy) is 1. The van der Waals surface area contributed by atoms with E-state index in [2.05, 4.69) is 41.3 Å². The van der Waals surface area contributed by atoms with Crippen molar-refractivity contribution in [2.24, 2.45) is 0 Å². The van der Waals surface area contributed by atoms with Gasteiger partial charge in [0.25, 0.3) is 0 Å². The molecule has 0 aliphatic carbocycles. The zero-order valence-corrected chi connectivity index (χ0v) is 15.7. The fraction of sp³-hybridized carbons (Fsp3) is 0.409. The van der Waals surface area contributed by atoms with Crippen LogP contribution < -0.4 is 4.90 Å². The van der Waals surface area contributed by atoms with Crippen LogP contribution >= 0.6 is 0 Å². The van der Waals surface area contributed by atoms with E-state index in [0.29, 0.717) is 19.7 Å². The van der Waals surface area contributed by atoms with Crippen LogP contribution in [0.4, 0.5) is 10.5 Å². The molecule has 1 fully saturated rings. The lowest BCUT2D eigenvalue weighted by atomic mass is 10.1. The van der Waals surface area contributed by atoms with Crippen molar-refractivity contribution in [3.05, 3.63) is 65.7 Å². The summed E-state index contributed by atoms with van der Waals surface area (Å²) in [5.74, 6) is 0. The van der Waals surface area contributed by atoms with E-state index in [4.69, 9.17) is 9.84 Å². The number of carbonyl (C=O) groups is 1. The highest BCUT2D eigenvalue weighted by molar-refractivity contribution is 5.65. The average Bonchev–Trinajstić information content (AvgIpc) is 2.95. The maximum Gasteiger partial charge on any atom is 0.407 e. The van der Waals surface area contributed by atoms with Crippen molar-refractivity contribution in [2.45, 2.75) is 25.9 Å². The normalized spacial score (nSPS) is 14.8. The van der Waals surface area contributed by atoms with Crippen molar-refractivity contribution in [3.8, 4) is 0 Å². The van der Waals surface area contributed by atoms with Gasteiger partial charge in [-0.1, -0.05) is 42.5 Å². The van der Waals surface area contributed by atoms with Crippen LogP contribution in [0.1, 0.15) is 24.0 Å². The number of rotatable bonds is 7. The summed E-state index contributed by atoms with van der Waals surface area (Å²) >= 11 is 0. The zero-order valence-electron chi connectivity index (χ0n) is 15.7. The minimum atomic E-state index is -0.818. The van der Waals surface area contributed by atoms with Gasteiger partial charge in [-0.15, -0.1) is 0 Å². The lowest BCUT2D eigenvalue weighted by molar-refractivity contribution is 0.118. The second-order valence-corrected chi connectivity index (χ2v) is 6.92. The third kappa shape index (κ3) is 6.00. The number of carboxylic acid groups (broad SMARTS) is 1. The van der Waals surface area contributed by atoms with E-state index >= 15 is 0 Å². The monoisotopic (exact) mass is 368 g/mol. The van der Waals surface area contributed by atoms with Crippen molar-refractivity contribution in [1.82, 2.24) is 4.90 Å². The van der Waals surface area contributed by atoms with Crippen LogP contribution in [0.5, 0.6) is 0 Å². The molecule has 5 heteroatoms. The number of benzene rings is 2. The molecule has 1 saturated heterocycles. The van der Waals surface area contributed by atoms with Crippen LogP contribution in [0.15, 0.2) is 54.6 Å². The molecule has 1 N–H and O–H groups in total. The van der Waals surface area contributed by atoms with Crippen molar-refractivity contribution in [2.75, 3.05) is 37.7 Å². The van der Waals surface area contributed by atoms with E-state index in [1.165, 1.54) is 21.7 Å². The molecule has 144 valence electrons. The van der Waals surface area contributed by atoms with Crippen molar-refractivity contribution < 1.29 is 14.6 Å². The first-order valence-corrected chi connectivity index (χ1v) is 9.66. The van der Waals surface area contributed by atoms with Crippen molar-refractivity contribution in [3.63, 3.8) is 0 Å². The van der Waals surface area contributed by atoms with Crippen LogP contribution in [-0.4, -0.2) is 48.9 Å². The van der Waals surface area contributed by atoms with Crippen molar-refractivity contribution >= 4 is 11.8 Å². The molecule has 0 aromatic heterocycles. The van der Waals surface area contributed by atoms with Gasteiger partial charge in [-0.05, 0) is 42.5 Å². The molecule has 2 aromatic carbocycles. The number of nitrogens with zero attached hydrogens (tertiary/aromatic N) is 2. The molecule has 5 nitrogen and oxygen atoms in total. The molecule has 0 atom stereocenters. The molecule has 2 aromatic rings. The third-order valence-corrected chi connectivity index (χ3v) is 4.93. The highest BCUT2D eigenvalue weighted by Gasteiger charge is 2.18. The Labute approximate surface area is 161 Å². The van der Waals surface area contributed by atoms with Crippen LogP contribution in [0.3, 0.4) is 0 Å². The largest absolute Gasteiger partial charge is 0.465 e. The topological polar surface area (TPSA) is 53.0 Å². The Morgan fingerprint density at radius 3 is 2.44 bits per heavy atom. The Bertz CT molecular complexity index is 703. The van der Waals surface area contributed by atoms with Crippen LogP contribution in [0.2, 0.25) is 0 Å². The Hall–Kier alpha value is -2.53. The first-order valence-electron chi connectivity index (χ1n) is 9.66. The summed E-state index contributed by atoms with van der Waals surface area (Å²) in [7, 11) is 0. The van der Waals surface area contributed by atoms with Gasteiger partial charge < -0.3 is 19.6 Å². The van der Waals surface area contributed by atoms with E-state index in [-0.39, 0.29) is 0 Å². The molecule has 27 heavy (non-hydrogen) atoms. The highest BCUT2D eigenvalue weighted by Crippen LogP contribution is 2.18. The summed E-state index contributed by atoms with van der Waals surface area (Å²) in [5.41, 5.74) is 3.69. The second-order valence-electron chi connectivity index (χ2n) is 6.92. The molecule has 0 bridgehead atoms. The maximum atomic E-state index is 11.1. The average molecular weight is 368 g/mol. The minimum absolute atomic E-state index is 0.565. The van der Waals surface area contributed by atoms with Gasteiger partial charge in [0, 0.05) is 38.5 Å². The van der Waals surface area contributed by atoms with Gasteiger partial charge in [-0.2, -0.15) is 0 Å². The van der Waals surface area contributed by atoms with Gasteiger partial charge in [-0.25, -0.2) is 4.79 Å². The lowest BCUT2D eigenvalue weighted by Crippen LogP contribution is -2.34. The van der Waals surface area contributed by atoms with Crippen LogP contribution in [-0.2, 0) is 17.8 Å². The summed E-state index contributed by atoms with van der Waals surface area (Å²) in [5, 5.41) is 9.14. The molecule has 0 unspecified atom stereocenters. The fourth-order valence-corrected chi connectivity index (χ4v) is 3.38. The summed E-state index contributed by atoms with van der Waals surface area (Å²) in [6.07, 6.45) is 2.06. The molecular formula is C22H28N2O3. The molecule has 1 aliphatic heterocycles. The van der Waals surface area contributed by atoms with Gasteiger partial charge in [0.2, 0.25) is 0 Å². The minimum Gasteiger partial charge on any atom is -0.465 e. The smallest absolute Gasteiger partial charge is 0.407 e. The van der Waals surface area contributed by atoms with Crippen molar-refractivity contribution in [1.29, 1.82) is 0 Å². The summed E-state index contributed by atoms with van der Waals surface area (Å²) in [6, 6.07) is 18.9. The molecule has 3 rings (SSSR count). The number of hydrogen-bond donors (Lipinski definition) is 1. The Morgan fingerprint density at radius 2 is 1.70 bits per heavy atom. The van der Waals surface area contributed by atoms with E-state index in [1.54, 1.807) is 0 Å². The predicted molar refractivity (Wildman–Crippen MR) is 107 cm³/mol. The second kappa shape index (κ2) is 9.97. The Balaban J connectivity index is 1.40. The summed E-state index contributed by atoms with van der Waals surface area (Å²) in [6.45, 7) is 4.26. The molecule has 1 heterocycles. The maximum absolute atomic E-state index is 11.1. The fourth-order valence-electron chi connectivity index (χ4n) is 3.38. The SMILES string of the molecule is O=C(O)N1CCCN(c2ccc(CCCOCc3ccccc3)cc2)CC1. The predicted octanol–water partition coefficient (Wildman–Crippen LogP) is 4.03. The quantitative estimate of drug-likeness (QED) is 0.750. The molecular weight excluding hydrogens is 340 g/mol. The van der Waals surface area contributed by atoms with Gasteiger partial charge in [0.05, 0.1) is 6.61 Å². The van der Waals surface area contributed by atoms with Gasteiger partial charge in [0.15, 0.2) is 0 Å². The lowest BCUT2D eigenvalue weighted by Gasteiger charge is -2.23. The van der Waals surface area contributed by atoms with E-state index in [0.717, 1.165) is 39.0 Å². The summed E-state index contributed by atoms with van der Waals surface area (Å²) < 4.78 is 5.74. The Kier molecular flexibility index (Phi) is 7.11. The molecule has 0 saturated carbocycles. The van der Waals surface area contributed by atoms with Gasteiger partial charge in [0.1, 0.15) is 0 Å². The van der Waals surface area contributed by atoms with Crippen LogP contribution in [0.25, 0.3) is 0 Å². The molecule has 1 aliphatic rings. The van der Waals surface area contributed by atoms with E-state index in [9.17, 15) is 4.79 Å². The number of anilines is 1. The first kappa shape index (κ1) is 19.2. The van der Waals surface area contributed by atoms with E-state index < -0.39 is 6.09 Å². The van der Waals surface area contributed by atoms with Gasteiger partial charge >= 0.3 is 6.09 Å². The van der Waals surface area contributed by atoms with E-state index in [1.807, 2.05) is 18.2 Å². The Morgan fingerprint density at radius 1 is 0.926 bits per heavy atom. The van der Waals surface area contributed by atoms with Gasteiger partial charge in [-0.3, -0.25) is 0 Å². The first-order chi connectivity index (χ1) is 13.2. The third-order valence-electron chi connectivity index (χ3n) is 4.93. The number of hydrogen-bond acceptors (Lipinski definition) is 3. The number of aryl methyl sites for hydroxylation is 1.